The lowest BCUT2D eigenvalue weighted by atomic mass is 9.85. The lowest BCUT2D eigenvalue weighted by Gasteiger charge is -2.35. The molecule has 0 aliphatic carbocycles. The molecule has 2 saturated heterocycles. The van der Waals surface area contributed by atoms with Crippen molar-refractivity contribution in [3.8, 4) is 5.75 Å². The second-order valence-corrected chi connectivity index (χ2v) is 11.6. The highest BCUT2D eigenvalue weighted by molar-refractivity contribution is 5.97. The lowest BCUT2D eigenvalue weighted by molar-refractivity contribution is 0.0602. The maximum atomic E-state index is 14.0. The second kappa shape index (κ2) is 10.0. The van der Waals surface area contributed by atoms with Crippen molar-refractivity contribution >= 4 is 23.6 Å². The Balaban J connectivity index is 1.48. The highest BCUT2D eigenvalue weighted by Crippen LogP contribution is 2.35. The summed E-state index contributed by atoms with van der Waals surface area (Å²) in [5.41, 5.74) is 4.07. The average molecular weight is 519 g/mol. The normalized spacial score (nSPS) is 22.2. The first kappa shape index (κ1) is 26.2. The number of carbonyl (C=O) groups excluding carboxylic acids is 1. The summed E-state index contributed by atoms with van der Waals surface area (Å²) in [5, 5.41) is 22.7. The number of aryl methyl sites for hydroxylation is 1. The number of benzene rings is 1. The van der Waals surface area contributed by atoms with Gasteiger partial charge in [0.05, 0.1) is 30.5 Å². The van der Waals surface area contributed by atoms with Crippen LogP contribution in [0.3, 0.4) is 0 Å². The smallest absolute Gasteiger partial charge is 0.258 e. The van der Waals surface area contributed by atoms with Crippen molar-refractivity contribution in [3.63, 3.8) is 0 Å². The Morgan fingerprint density at radius 2 is 2.00 bits per heavy atom. The van der Waals surface area contributed by atoms with E-state index in [1.54, 1.807) is 11.6 Å². The van der Waals surface area contributed by atoms with E-state index in [2.05, 4.69) is 20.8 Å². The monoisotopic (exact) mass is 518 g/mol. The Morgan fingerprint density at radius 1 is 1.21 bits per heavy atom. The largest absolute Gasteiger partial charge is 0.496 e. The van der Waals surface area contributed by atoms with E-state index in [-0.39, 0.29) is 23.3 Å². The molecule has 3 atom stereocenters. The molecule has 9 heteroatoms. The van der Waals surface area contributed by atoms with Crippen LogP contribution in [0.5, 0.6) is 5.75 Å². The van der Waals surface area contributed by atoms with E-state index < -0.39 is 6.10 Å². The Kier molecular flexibility index (Phi) is 6.90. The molecule has 2 N–H and O–H groups in total. The summed E-state index contributed by atoms with van der Waals surface area (Å²) >= 11 is 0. The Labute approximate surface area is 223 Å². The fraction of sp³-hybridized carbons (Fsp3) is 0.517. The van der Waals surface area contributed by atoms with Gasteiger partial charge in [0.2, 0.25) is 0 Å². The Bertz CT molecular complexity index is 1360. The molecular formula is C29H38N6O3. The van der Waals surface area contributed by atoms with E-state index in [1.807, 2.05) is 47.2 Å². The Morgan fingerprint density at radius 3 is 2.68 bits per heavy atom. The van der Waals surface area contributed by atoms with Gasteiger partial charge in [0.15, 0.2) is 5.65 Å². The molecule has 202 valence electrons. The number of aromatic nitrogens is 3. The summed E-state index contributed by atoms with van der Waals surface area (Å²) in [4.78, 5) is 22.8. The minimum atomic E-state index is -0.569. The number of β-amino-alcohol motifs (C(OH)–C–C–N with tert-alkyl or cyclic N) is 1. The number of amides is 1. The summed E-state index contributed by atoms with van der Waals surface area (Å²) < 4.78 is 7.38. The maximum absolute atomic E-state index is 14.0. The van der Waals surface area contributed by atoms with Crippen molar-refractivity contribution in [2.75, 3.05) is 31.6 Å². The van der Waals surface area contributed by atoms with E-state index in [0.29, 0.717) is 36.6 Å². The average Bonchev–Trinajstić information content (AvgIpc) is 3.49. The molecule has 4 heterocycles. The fourth-order valence-corrected chi connectivity index (χ4v) is 5.63. The molecular weight excluding hydrogens is 480 g/mol. The quantitative estimate of drug-likeness (QED) is 0.491. The van der Waals surface area contributed by atoms with E-state index in [0.717, 1.165) is 41.9 Å². The van der Waals surface area contributed by atoms with Gasteiger partial charge in [0, 0.05) is 49.6 Å². The molecule has 0 bridgehead atoms. The maximum Gasteiger partial charge on any atom is 0.258 e. The van der Waals surface area contributed by atoms with Crippen molar-refractivity contribution in [2.45, 2.75) is 64.5 Å². The molecule has 0 radical (unpaired) electrons. The van der Waals surface area contributed by atoms with Gasteiger partial charge in [-0.3, -0.25) is 4.79 Å². The number of ether oxygens (including phenoxy) is 1. The van der Waals surface area contributed by atoms with Crippen LogP contribution in [-0.2, 0) is 5.41 Å². The first-order valence-corrected chi connectivity index (χ1v) is 13.4. The van der Waals surface area contributed by atoms with Gasteiger partial charge in [-0.2, -0.15) is 5.10 Å². The number of likely N-dealkylation sites (tertiary alicyclic amines) is 1. The third-order valence-corrected chi connectivity index (χ3v) is 7.87. The third kappa shape index (κ3) is 4.75. The summed E-state index contributed by atoms with van der Waals surface area (Å²) in [6, 6.07) is 7.72. The van der Waals surface area contributed by atoms with Gasteiger partial charge in [-0.25, -0.2) is 9.50 Å². The third-order valence-electron chi connectivity index (χ3n) is 7.87. The molecule has 1 amide bonds. The first-order chi connectivity index (χ1) is 18.1. The molecule has 1 aromatic carbocycles. The number of fused-ring (bicyclic) bond motifs is 1. The number of aliphatic hydroxyl groups is 1. The number of nitrogens with zero attached hydrogens (tertiary/aromatic N) is 5. The van der Waals surface area contributed by atoms with Crippen molar-refractivity contribution < 1.29 is 14.6 Å². The van der Waals surface area contributed by atoms with Crippen LogP contribution in [0.1, 0.15) is 73.3 Å². The van der Waals surface area contributed by atoms with Crippen molar-refractivity contribution in [2.24, 2.45) is 5.92 Å². The number of aliphatic hydroxyl groups excluding tert-OH is 1. The molecule has 9 nitrogen and oxygen atoms in total. The lowest BCUT2D eigenvalue weighted by Crippen LogP contribution is -2.39. The molecule has 0 saturated carbocycles. The van der Waals surface area contributed by atoms with Crippen LogP contribution in [0.15, 0.2) is 30.5 Å². The number of hydrogen-bond acceptors (Lipinski definition) is 7. The minimum absolute atomic E-state index is 0.0386. The number of hydrogen-bond donors (Lipinski definition) is 2. The van der Waals surface area contributed by atoms with Gasteiger partial charge < -0.3 is 25.1 Å². The number of nitrogens with one attached hydrogen (secondary N) is 1. The summed E-state index contributed by atoms with van der Waals surface area (Å²) in [5.74, 6) is 1.15. The van der Waals surface area contributed by atoms with E-state index in [9.17, 15) is 9.90 Å². The SMILES string of the molecule is COc1ccc(C(C)(C)C)cc1C(=O)N1CCCC[C@H]1c1cc2nc(N3C[C@@H](C=N)[C@@H](O)C3)c(C)cn2n1. The van der Waals surface area contributed by atoms with Crippen LogP contribution in [0.4, 0.5) is 5.82 Å². The van der Waals surface area contributed by atoms with Gasteiger partial charge in [-0.15, -0.1) is 0 Å². The van der Waals surface area contributed by atoms with Crippen LogP contribution < -0.4 is 9.64 Å². The first-order valence-electron chi connectivity index (χ1n) is 13.4. The standard InChI is InChI=1S/C29H38N6O3/c1-18-15-35-26(31-27(18)33-16-19(14-30)24(36)17-33)13-22(32-35)23-8-6-7-11-34(23)28(37)21-12-20(29(2,3)4)9-10-25(21)38-5/h9-10,12-15,19,23-24,30,36H,6-8,11,16-17H2,1-5H3/t19-,23+,24+/m1/s1. The van der Waals surface area contributed by atoms with Gasteiger partial charge >= 0.3 is 0 Å². The van der Waals surface area contributed by atoms with Crippen LogP contribution in [0.25, 0.3) is 5.65 Å². The topological polar surface area (TPSA) is 107 Å². The number of rotatable bonds is 5. The highest BCUT2D eigenvalue weighted by atomic mass is 16.5. The van der Waals surface area contributed by atoms with Crippen LogP contribution in [0, 0.1) is 18.3 Å². The zero-order valence-electron chi connectivity index (χ0n) is 22.9. The molecule has 3 aromatic rings. The van der Waals surface area contributed by atoms with Crippen molar-refractivity contribution in [3.05, 3.63) is 52.8 Å². The number of piperidine rings is 1. The predicted molar refractivity (Wildman–Crippen MR) is 148 cm³/mol. The summed E-state index contributed by atoms with van der Waals surface area (Å²) in [6.07, 6.45) is 5.51. The van der Waals surface area contributed by atoms with Crippen molar-refractivity contribution in [1.82, 2.24) is 19.5 Å². The Hall–Kier alpha value is -3.46. The minimum Gasteiger partial charge on any atom is -0.496 e. The zero-order valence-corrected chi connectivity index (χ0v) is 22.9. The zero-order chi connectivity index (χ0) is 27.2. The van der Waals surface area contributed by atoms with Crippen molar-refractivity contribution in [1.29, 1.82) is 5.41 Å². The van der Waals surface area contributed by atoms with E-state index in [1.165, 1.54) is 6.21 Å². The van der Waals surface area contributed by atoms with Gasteiger partial charge in [-0.05, 0) is 49.3 Å². The molecule has 0 spiro atoms. The molecule has 0 unspecified atom stereocenters. The molecule has 38 heavy (non-hydrogen) atoms. The van der Waals surface area contributed by atoms with Gasteiger partial charge in [-0.1, -0.05) is 26.8 Å². The molecule has 2 fully saturated rings. The number of methoxy groups -OCH3 is 1. The number of carbonyl (C=O) groups is 1. The fourth-order valence-electron chi connectivity index (χ4n) is 5.63. The number of anilines is 1. The molecule has 5 rings (SSSR count). The van der Waals surface area contributed by atoms with Crippen LogP contribution in [0.2, 0.25) is 0 Å². The molecule has 2 aliphatic heterocycles. The van der Waals surface area contributed by atoms with Crippen LogP contribution in [-0.4, -0.2) is 69.6 Å². The van der Waals surface area contributed by atoms with E-state index >= 15 is 0 Å². The summed E-state index contributed by atoms with van der Waals surface area (Å²) in [6.45, 7) is 10.1. The molecule has 2 aromatic heterocycles. The second-order valence-electron chi connectivity index (χ2n) is 11.6. The molecule has 2 aliphatic rings. The van der Waals surface area contributed by atoms with Crippen LogP contribution >= 0.6 is 0 Å². The van der Waals surface area contributed by atoms with Gasteiger partial charge in [0.25, 0.3) is 5.91 Å². The summed E-state index contributed by atoms with van der Waals surface area (Å²) in [7, 11) is 1.61. The van der Waals surface area contributed by atoms with Gasteiger partial charge in [0.1, 0.15) is 11.6 Å². The van der Waals surface area contributed by atoms with E-state index in [4.69, 9.17) is 20.2 Å². The highest BCUT2D eigenvalue weighted by Gasteiger charge is 2.34. The predicted octanol–water partition coefficient (Wildman–Crippen LogP) is 4.16.